The third kappa shape index (κ3) is 4.00. The van der Waals surface area contributed by atoms with E-state index in [-0.39, 0.29) is 11.7 Å². The second-order valence-corrected chi connectivity index (χ2v) is 5.33. The van der Waals surface area contributed by atoms with Crippen molar-refractivity contribution in [2.45, 2.75) is 6.42 Å². The molecule has 0 atom stereocenters. The molecular formula is C15H16N2O3S. The molecule has 0 unspecified atom stereocenters. The van der Waals surface area contributed by atoms with Crippen molar-refractivity contribution in [2.75, 3.05) is 7.11 Å². The Kier molecular flexibility index (Phi) is 4.84. The van der Waals surface area contributed by atoms with E-state index in [1.165, 1.54) is 24.5 Å². The lowest BCUT2D eigenvalue weighted by Crippen LogP contribution is -2.36. The smallest absolute Gasteiger partial charge is 0.243 e. The first-order chi connectivity index (χ1) is 10.1. The third-order valence-electron chi connectivity index (χ3n) is 2.80. The van der Waals surface area contributed by atoms with E-state index in [1.54, 1.807) is 12.1 Å². The Morgan fingerprint density at radius 1 is 1.38 bits per heavy atom. The molecule has 1 aromatic carbocycles. The summed E-state index contributed by atoms with van der Waals surface area (Å²) in [7, 11) is 1.47. The standard InChI is InChI=1S/C15H16N2O3S/c1-10(11-5-6-13(18)14(8-11)20-2)16-17-15(19)9-12-4-3-7-21-12/h3-8,16,18H,1,9H2,2H3,(H,17,19). The second kappa shape index (κ2) is 6.81. The molecule has 1 heterocycles. The summed E-state index contributed by atoms with van der Waals surface area (Å²) in [6, 6.07) is 8.63. The molecule has 0 spiro atoms. The average molecular weight is 304 g/mol. The summed E-state index contributed by atoms with van der Waals surface area (Å²) in [4.78, 5) is 12.7. The van der Waals surface area contributed by atoms with Crippen LogP contribution in [-0.4, -0.2) is 18.1 Å². The van der Waals surface area contributed by atoms with Gasteiger partial charge in [0.25, 0.3) is 0 Å². The summed E-state index contributed by atoms with van der Waals surface area (Å²) < 4.78 is 5.03. The fraction of sp³-hybridized carbons (Fsp3) is 0.133. The van der Waals surface area contributed by atoms with Crippen LogP contribution in [0.3, 0.4) is 0 Å². The number of phenolic OH excluding ortho intramolecular Hbond substituents is 1. The highest BCUT2D eigenvalue weighted by Gasteiger charge is 2.07. The molecule has 6 heteroatoms. The number of hydrogen-bond donors (Lipinski definition) is 3. The van der Waals surface area contributed by atoms with Gasteiger partial charge in [0.15, 0.2) is 11.5 Å². The van der Waals surface area contributed by atoms with Crippen molar-refractivity contribution in [1.29, 1.82) is 0 Å². The molecule has 3 N–H and O–H groups in total. The number of carbonyl (C=O) groups excluding carboxylic acids is 1. The van der Waals surface area contributed by atoms with E-state index in [4.69, 9.17) is 4.74 Å². The van der Waals surface area contributed by atoms with Gasteiger partial charge in [-0.3, -0.25) is 15.6 Å². The molecule has 0 aliphatic rings. The van der Waals surface area contributed by atoms with Crippen molar-refractivity contribution in [2.24, 2.45) is 0 Å². The van der Waals surface area contributed by atoms with Gasteiger partial charge in [0.1, 0.15) is 0 Å². The van der Waals surface area contributed by atoms with Crippen LogP contribution >= 0.6 is 11.3 Å². The van der Waals surface area contributed by atoms with Gasteiger partial charge in [-0.15, -0.1) is 11.3 Å². The van der Waals surface area contributed by atoms with Crippen molar-refractivity contribution in [3.05, 3.63) is 52.7 Å². The monoisotopic (exact) mass is 304 g/mol. The SMILES string of the molecule is C=C(NNC(=O)Cc1cccs1)c1ccc(O)c(OC)c1. The molecule has 0 fully saturated rings. The van der Waals surface area contributed by atoms with E-state index >= 15 is 0 Å². The Balaban J connectivity index is 1.91. The van der Waals surface area contributed by atoms with Crippen LogP contribution in [0.25, 0.3) is 5.70 Å². The number of hydrogen-bond acceptors (Lipinski definition) is 5. The Labute approximate surface area is 126 Å². The Morgan fingerprint density at radius 3 is 2.86 bits per heavy atom. The normalized spacial score (nSPS) is 9.95. The molecule has 2 rings (SSSR count). The summed E-state index contributed by atoms with van der Waals surface area (Å²) in [6.45, 7) is 3.84. The van der Waals surface area contributed by atoms with Gasteiger partial charge in [-0.1, -0.05) is 12.6 Å². The lowest BCUT2D eigenvalue weighted by Gasteiger charge is -2.12. The average Bonchev–Trinajstić information content (AvgIpc) is 2.98. The fourth-order valence-corrected chi connectivity index (χ4v) is 2.40. The number of phenols is 1. The summed E-state index contributed by atoms with van der Waals surface area (Å²) in [5, 5.41) is 11.5. The molecule has 0 saturated carbocycles. The van der Waals surface area contributed by atoms with Gasteiger partial charge >= 0.3 is 0 Å². The first kappa shape index (κ1) is 14.9. The van der Waals surface area contributed by atoms with Gasteiger partial charge in [-0.2, -0.15) is 0 Å². The highest BCUT2D eigenvalue weighted by molar-refractivity contribution is 7.10. The van der Waals surface area contributed by atoms with Gasteiger partial charge in [0.2, 0.25) is 5.91 Å². The molecule has 0 aliphatic heterocycles. The highest BCUT2D eigenvalue weighted by atomic mass is 32.1. The van der Waals surface area contributed by atoms with Crippen LogP contribution in [0, 0.1) is 0 Å². The Bertz CT molecular complexity index is 638. The number of thiophene rings is 1. The molecule has 1 aromatic heterocycles. The minimum absolute atomic E-state index is 0.0516. The lowest BCUT2D eigenvalue weighted by atomic mass is 10.1. The molecule has 1 amide bonds. The summed E-state index contributed by atoms with van der Waals surface area (Å²) in [6.07, 6.45) is 0.316. The molecule has 2 aromatic rings. The number of amides is 1. The number of methoxy groups -OCH3 is 1. The van der Waals surface area contributed by atoms with Gasteiger partial charge in [-0.25, -0.2) is 0 Å². The van der Waals surface area contributed by atoms with Gasteiger partial charge in [-0.05, 0) is 29.6 Å². The fourth-order valence-electron chi connectivity index (χ4n) is 1.70. The summed E-state index contributed by atoms with van der Waals surface area (Å²) in [5.41, 5.74) is 6.56. The van der Waals surface area contributed by atoms with E-state index in [0.29, 0.717) is 23.4 Å². The van der Waals surface area contributed by atoms with Crippen molar-refractivity contribution in [1.82, 2.24) is 10.9 Å². The number of rotatable bonds is 6. The first-order valence-electron chi connectivity index (χ1n) is 6.23. The van der Waals surface area contributed by atoms with Crippen molar-refractivity contribution in [3.8, 4) is 11.5 Å². The van der Waals surface area contributed by atoms with Crippen LogP contribution in [0.1, 0.15) is 10.4 Å². The third-order valence-corrected chi connectivity index (χ3v) is 3.67. The number of hydrazine groups is 1. The molecule has 0 aliphatic carbocycles. The number of benzene rings is 1. The molecule has 21 heavy (non-hydrogen) atoms. The van der Waals surface area contributed by atoms with Crippen LogP contribution in [0.2, 0.25) is 0 Å². The quantitative estimate of drug-likeness (QED) is 0.716. The minimum atomic E-state index is -0.149. The molecule has 110 valence electrons. The number of ether oxygens (including phenoxy) is 1. The molecule has 5 nitrogen and oxygen atoms in total. The second-order valence-electron chi connectivity index (χ2n) is 4.29. The largest absolute Gasteiger partial charge is 0.504 e. The zero-order valence-corrected chi connectivity index (χ0v) is 12.4. The van der Waals surface area contributed by atoms with E-state index < -0.39 is 0 Å². The van der Waals surface area contributed by atoms with E-state index in [0.717, 1.165) is 4.88 Å². The zero-order valence-electron chi connectivity index (χ0n) is 11.6. The molecular weight excluding hydrogens is 288 g/mol. The zero-order chi connectivity index (χ0) is 15.2. The summed E-state index contributed by atoms with van der Waals surface area (Å²) in [5.74, 6) is 0.250. The van der Waals surface area contributed by atoms with Crippen molar-refractivity contribution >= 4 is 22.9 Å². The maximum atomic E-state index is 11.8. The molecule has 0 radical (unpaired) electrons. The predicted molar refractivity (Wildman–Crippen MR) is 83.0 cm³/mol. The predicted octanol–water partition coefficient (Wildman–Crippen LogP) is 2.30. The Morgan fingerprint density at radius 2 is 2.19 bits per heavy atom. The van der Waals surface area contributed by atoms with Crippen molar-refractivity contribution < 1.29 is 14.6 Å². The van der Waals surface area contributed by atoms with E-state index in [1.807, 2.05) is 17.5 Å². The van der Waals surface area contributed by atoms with E-state index in [2.05, 4.69) is 17.4 Å². The van der Waals surface area contributed by atoms with E-state index in [9.17, 15) is 9.90 Å². The minimum Gasteiger partial charge on any atom is -0.504 e. The number of carbonyl (C=O) groups is 1. The van der Waals surface area contributed by atoms with Crippen LogP contribution in [0.4, 0.5) is 0 Å². The number of nitrogens with one attached hydrogen (secondary N) is 2. The van der Waals surface area contributed by atoms with Crippen molar-refractivity contribution in [3.63, 3.8) is 0 Å². The van der Waals surface area contributed by atoms with Crippen LogP contribution in [-0.2, 0) is 11.2 Å². The maximum Gasteiger partial charge on any atom is 0.243 e. The Hall–Kier alpha value is -2.47. The lowest BCUT2D eigenvalue weighted by molar-refractivity contribution is -0.121. The highest BCUT2D eigenvalue weighted by Crippen LogP contribution is 2.27. The topological polar surface area (TPSA) is 70.6 Å². The maximum absolute atomic E-state index is 11.8. The van der Waals surface area contributed by atoms with Gasteiger partial charge in [0, 0.05) is 10.4 Å². The first-order valence-corrected chi connectivity index (χ1v) is 7.11. The summed E-state index contributed by atoms with van der Waals surface area (Å²) >= 11 is 1.53. The number of aromatic hydroxyl groups is 1. The molecule has 0 bridgehead atoms. The van der Waals surface area contributed by atoms with Crippen LogP contribution in [0.15, 0.2) is 42.3 Å². The van der Waals surface area contributed by atoms with Gasteiger partial charge < -0.3 is 9.84 Å². The molecule has 0 saturated heterocycles. The van der Waals surface area contributed by atoms with Crippen LogP contribution in [0.5, 0.6) is 11.5 Å². The van der Waals surface area contributed by atoms with Gasteiger partial charge in [0.05, 0.1) is 19.2 Å². The van der Waals surface area contributed by atoms with Crippen LogP contribution < -0.4 is 15.6 Å².